The molecular weight excluding hydrogens is 400 g/mol. The van der Waals surface area contributed by atoms with Crippen LogP contribution in [0.25, 0.3) is 11.4 Å². The number of aryl methyl sites for hydroxylation is 4. The van der Waals surface area contributed by atoms with Gasteiger partial charge in [0.05, 0.1) is 0 Å². The molecule has 2 aromatic carbocycles. The van der Waals surface area contributed by atoms with Gasteiger partial charge in [0.15, 0.2) is 5.82 Å². The molecule has 0 aliphatic rings. The minimum absolute atomic E-state index is 0.719. The molecule has 0 amide bonds. The Bertz CT molecular complexity index is 895. The van der Waals surface area contributed by atoms with Gasteiger partial charge in [0, 0.05) is 18.0 Å². The largest absolute Gasteiger partial charge is 0.236 e. The fourth-order valence-corrected chi connectivity index (χ4v) is 3.64. The van der Waals surface area contributed by atoms with Gasteiger partial charge in [0.25, 0.3) is 0 Å². The van der Waals surface area contributed by atoms with E-state index in [-0.39, 0.29) is 0 Å². The van der Waals surface area contributed by atoms with Gasteiger partial charge >= 0.3 is 0 Å². The van der Waals surface area contributed by atoms with Gasteiger partial charge in [-0.25, -0.2) is 9.97 Å². The molecule has 0 bridgehead atoms. The number of rotatable bonds is 8. The maximum absolute atomic E-state index is 4.29. The van der Waals surface area contributed by atoms with Crippen LogP contribution < -0.4 is 0 Å². The van der Waals surface area contributed by atoms with Crippen molar-refractivity contribution in [2.24, 2.45) is 0 Å². The van der Waals surface area contributed by atoms with E-state index in [2.05, 4.69) is 87.1 Å². The van der Waals surface area contributed by atoms with Gasteiger partial charge in [-0.3, -0.25) is 0 Å². The number of unbranched alkanes of at least 4 members (excludes halogenated alkanes) is 1. The Labute approximate surface area is 203 Å². The predicted molar refractivity (Wildman–Crippen MR) is 146 cm³/mol. The lowest BCUT2D eigenvalue weighted by atomic mass is 9.91. The highest BCUT2D eigenvalue weighted by atomic mass is 14.9. The molecule has 0 saturated carbocycles. The van der Waals surface area contributed by atoms with E-state index in [1.165, 1.54) is 48.8 Å². The topological polar surface area (TPSA) is 25.8 Å². The molecule has 0 radical (unpaired) electrons. The van der Waals surface area contributed by atoms with Crippen LogP contribution in [0.15, 0.2) is 54.9 Å². The summed E-state index contributed by atoms with van der Waals surface area (Å²) >= 11 is 0. The van der Waals surface area contributed by atoms with E-state index in [0.717, 1.165) is 29.3 Å². The van der Waals surface area contributed by atoms with Gasteiger partial charge in [-0.05, 0) is 66.8 Å². The number of benzene rings is 2. The van der Waals surface area contributed by atoms with Gasteiger partial charge < -0.3 is 0 Å². The number of hydrogen-bond donors (Lipinski definition) is 0. The molecule has 0 spiro atoms. The van der Waals surface area contributed by atoms with Crippen LogP contribution in [0, 0.1) is 13.8 Å². The van der Waals surface area contributed by atoms with Crippen LogP contribution in [0.3, 0.4) is 0 Å². The van der Waals surface area contributed by atoms with Crippen LogP contribution in [-0.2, 0) is 12.8 Å². The van der Waals surface area contributed by atoms with Crippen molar-refractivity contribution in [3.8, 4) is 11.4 Å². The van der Waals surface area contributed by atoms with Crippen molar-refractivity contribution >= 4 is 0 Å². The number of aromatic nitrogens is 2. The van der Waals surface area contributed by atoms with Crippen LogP contribution in [0.1, 0.15) is 101 Å². The van der Waals surface area contributed by atoms with E-state index in [1.807, 2.05) is 33.2 Å². The molecule has 0 saturated heterocycles. The third kappa shape index (κ3) is 9.90. The maximum atomic E-state index is 4.29. The summed E-state index contributed by atoms with van der Waals surface area (Å²) in [7, 11) is 0. The average molecular weight is 447 g/mol. The Morgan fingerprint density at radius 2 is 1.45 bits per heavy atom. The Morgan fingerprint density at radius 3 is 2.00 bits per heavy atom. The van der Waals surface area contributed by atoms with Gasteiger partial charge in [-0.1, -0.05) is 103 Å². The molecule has 3 rings (SSSR count). The molecule has 1 atom stereocenters. The van der Waals surface area contributed by atoms with Crippen LogP contribution >= 0.6 is 0 Å². The first-order valence-electron chi connectivity index (χ1n) is 13.0. The zero-order chi connectivity index (χ0) is 24.6. The van der Waals surface area contributed by atoms with Crippen molar-refractivity contribution < 1.29 is 0 Å². The molecule has 1 heterocycles. The molecule has 1 aromatic heterocycles. The van der Waals surface area contributed by atoms with Crippen molar-refractivity contribution in [1.82, 2.24) is 9.97 Å². The van der Waals surface area contributed by atoms with Crippen molar-refractivity contribution in [3.63, 3.8) is 0 Å². The van der Waals surface area contributed by atoms with E-state index in [1.54, 1.807) is 5.56 Å². The molecular formula is C31H46N2. The number of hydrogen-bond acceptors (Lipinski definition) is 2. The second-order valence-corrected chi connectivity index (χ2v) is 8.61. The lowest BCUT2D eigenvalue weighted by Crippen LogP contribution is -1.97. The summed E-state index contributed by atoms with van der Waals surface area (Å²) in [5.74, 6) is 1.51. The van der Waals surface area contributed by atoms with E-state index in [4.69, 9.17) is 0 Å². The molecule has 2 heteroatoms. The third-order valence-corrected chi connectivity index (χ3v) is 5.85. The minimum atomic E-state index is 0.719. The monoisotopic (exact) mass is 446 g/mol. The molecule has 0 aliphatic carbocycles. The SMILES string of the molecule is CC.CCCCC(C)c1ccc(C)c(CCC)c1.CCc1ccc(-c2ncc(C)cn2)cc1. The highest BCUT2D eigenvalue weighted by Gasteiger charge is 2.07. The number of nitrogens with zero attached hydrogens (tertiary/aromatic N) is 2. The average Bonchev–Trinajstić information content (AvgIpc) is 2.86. The van der Waals surface area contributed by atoms with Crippen molar-refractivity contribution in [1.29, 1.82) is 0 Å². The van der Waals surface area contributed by atoms with E-state index in [9.17, 15) is 0 Å². The Kier molecular flexibility index (Phi) is 14.0. The van der Waals surface area contributed by atoms with Crippen molar-refractivity contribution in [2.75, 3.05) is 0 Å². The minimum Gasteiger partial charge on any atom is -0.236 e. The summed E-state index contributed by atoms with van der Waals surface area (Å²) in [5.41, 5.74) is 8.03. The van der Waals surface area contributed by atoms with Gasteiger partial charge in [-0.2, -0.15) is 0 Å². The zero-order valence-electron chi connectivity index (χ0n) is 22.4. The summed E-state index contributed by atoms with van der Waals surface area (Å²) in [6, 6.07) is 15.4. The maximum Gasteiger partial charge on any atom is 0.159 e. The summed E-state index contributed by atoms with van der Waals surface area (Å²) in [6.45, 7) is 17.2. The Morgan fingerprint density at radius 1 is 0.818 bits per heavy atom. The van der Waals surface area contributed by atoms with Crippen LogP contribution in [0.2, 0.25) is 0 Å². The smallest absolute Gasteiger partial charge is 0.159 e. The summed E-state index contributed by atoms with van der Waals surface area (Å²) in [4.78, 5) is 8.59. The first-order valence-corrected chi connectivity index (χ1v) is 13.0. The van der Waals surface area contributed by atoms with E-state index < -0.39 is 0 Å². The highest BCUT2D eigenvalue weighted by Crippen LogP contribution is 2.24. The fourth-order valence-electron chi connectivity index (χ4n) is 3.64. The van der Waals surface area contributed by atoms with Crippen LogP contribution in [-0.4, -0.2) is 9.97 Å². The summed E-state index contributed by atoms with van der Waals surface area (Å²) in [6.07, 6.45) is 11.2. The molecule has 0 aliphatic heterocycles. The second-order valence-electron chi connectivity index (χ2n) is 8.61. The van der Waals surface area contributed by atoms with E-state index in [0.29, 0.717) is 0 Å². The van der Waals surface area contributed by atoms with E-state index >= 15 is 0 Å². The molecule has 3 aromatic rings. The molecule has 0 N–H and O–H groups in total. The van der Waals surface area contributed by atoms with Crippen LogP contribution in [0.5, 0.6) is 0 Å². The van der Waals surface area contributed by atoms with Crippen molar-refractivity contribution in [3.05, 3.63) is 82.7 Å². The molecule has 180 valence electrons. The third-order valence-electron chi connectivity index (χ3n) is 5.85. The lowest BCUT2D eigenvalue weighted by molar-refractivity contribution is 0.623. The van der Waals surface area contributed by atoms with Crippen LogP contribution in [0.4, 0.5) is 0 Å². The first-order chi connectivity index (χ1) is 16.0. The Hall–Kier alpha value is -2.48. The second kappa shape index (κ2) is 16.2. The summed E-state index contributed by atoms with van der Waals surface area (Å²) in [5, 5.41) is 0. The molecule has 2 nitrogen and oxygen atoms in total. The van der Waals surface area contributed by atoms with Gasteiger partial charge in [-0.15, -0.1) is 0 Å². The molecule has 1 unspecified atom stereocenters. The lowest BCUT2D eigenvalue weighted by Gasteiger charge is -2.14. The van der Waals surface area contributed by atoms with Gasteiger partial charge in [0.2, 0.25) is 0 Å². The highest BCUT2D eigenvalue weighted by molar-refractivity contribution is 5.55. The predicted octanol–water partition coefficient (Wildman–Crippen LogP) is 9.28. The zero-order valence-corrected chi connectivity index (χ0v) is 22.4. The quantitative estimate of drug-likeness (QED) is 0.344. The normalized spacial score (nSPS) is 11.0. The summed E-state index contributed by atoms with van der Waals surface area (Å²) < 4.78 is 0. The van der Waals surface area contributed by atoms with Gasteiger partial charge in [0.1, 0.15) is 0 Å². The first kappa shape index (κ1) is 28.6. The molecule has 33 heavy (non-hydrogen) atoms. The fraction of sp³-hybridized carbons (Fsp3) is 0.484. The standard InChI is InChI=1S/C16H26.C13H14N2.C2H6/c1-5-7-9-13(3)16-11-10-14(4)15(12-16)8-6-2;1-3-11-4-6-12(7-5-11)13-14-8-10(2)9-15-13;1-2/h10-13H,5-9H2,1-4H3;4-9H,3H2,1-2H3;1-2H3. The Balaban J connectivity index is 0.000000307. The molecule has 0 fully saturated rings. The van der Waals surface area contributed by atoms with Crippen molar-refractivity contribution in [2.45, 2.75) is 99.8 Å².